The highest BCUT2D eigenvalue weighted by atomic mass is 16.5. The van der Waals surface area contributed by atoms with Crippen molar-refractivity contribution >= 4 is 16.7 Å². The van der Waals surface area contributed by atoms with E-state index in [4.69, 9.17) is 4.74 Å². The molecule has 1 fully saturated rings. The molecule has 0 radical (unpaired) electrons. The molecule has 1 saturated carbocycles. The van der Waals surface area contributed by atoms with Gasteiger partial charge in [0.25, 0.3) is 0 Å². The third-order valence-electron chi connectivity index (χ3n) is 5.98. The van der Waals surface area contributed by atoms with Crippen LogP contribution in [0.5, 0.6) is 5.75 Å². The molecule has 2 aromatic carbocycles. The van der Waals surface area contributed by atoms with E-state index in [1.807, 2.05) is 12.1 Å². The van der Waals surface area contributed by atoms with Gasteiger partial charge < -0.3 is 9.84 Å². The topological polar surface area (TPSA) is 46.5 Å². The minimum atomic E-state index is -0.294. The second-order valence-corrected chi connectivity index (χ2v) is 7.26. The van der Waals surface area contributed by atoms with E-state index in [9.17, 15) is 9.90 Å². The summed E-state index contributed by atoms with van der Waals surface area (Å²) in [6.45, 7) is 3.66. The van der Waals surface area contributed by atoms with E-state index >= 15 is 0 Å². The van der Waals surface area contributed by atoms with Gasteiger partial charge in [-0.1, -0.05) is 25.1 Å². The SMILES string of the molecule is CC(=O)Oc1ccc2c3c(ccc2c1)[C@@H]1CC[C@H](O)[C@]1(C)CC3. The first-order valence-electron chi connectivity index (χ1n) is 8.41. The summed E-state index contributed by atoms with van der Waals surface area (Å²) in [5, 5.41) is 12.8. The van der Waals surface area contributed by atoms with Gasteiger partial charge in [-0.25, -0.2) is 0 Å². The molecule has 120 valence electrons. The van der Waals surface area contributed by atoms with Gasteiger partial charge in [-0.05, 0) is 65.6 Å². The second kappa shape index (κ2) is 5.07. The van der Waals surface area contributed by atoms with Crippen molar-refractivity contribution < 1.29 is 14.6 Å². The van der Waals surface area contributed by atoms with E-state index in [0.29, 0.717) is 11.7 Å². The van der Waals surface area contributed by atoms with Crippen LogP contribution in [0.3, 0.4) is 0 Å². The van der Waals surface area contributed by atoms with Gasteiger partial charge in [0.05, 0.1) is 6.10 Å². The lowest BCUT2D eigenvalue weighted by molar-refractivity contribution is -0.131. The van der Waals surface area contributed by atoms with Crippen LogP contribution in [-0.2, 0) is 11.2 Å². The molecule has 0 aliphatic heterocycles. The monoisotopic (exact) mass is 310 g/mol. The zero-order chi connectivity index (χ0) is 16.2. The summed E-state index contributed by atoms with van der Waals surface area (Å²) in [5.74, 6) is 0.763. The quantitative estimate of drug-likeness (QED) is 0.640. The molecule has 23 heavy (non-hydrogen) atoms. The van der Waals surface area contributed by atoms with Crippen molar-refractivity contribution in [2.24, 2.45) is 5.41 Å². The molecule has 2 aliphatic rings. The van der Waals surface area contributed by atoms with E-state index in [2.05, 4.69) is 25.1 Å². The molecule has 0 spiro atoms. The maximum absolute atomic E-state index is 11.1. The van der Waals surface area contributed by atoms with Gasteiger partial charge in [-0.15, -0.1) is 0 Å². The molecule has 3 atom stereocenters. The summed E-state index contributed by atoms with van der Waals surface area (Å²) in [4.78, 5) is 11.1. The van der Waals surface area contributed by atoms with Crippen molar-refractivity contribution in [3.05, 3.63) is 41.5 Å². The highest BCUT2D eigenvalue weighted by Gasteiger charge is 2.49. The van der Waals surface area contributed by atoms with Crippen LogP contribution in [0.4, 0.5) is 0 Å². The number of aliphatic hydroxyl groups excluding tert-OH is 1. The Labute approximate surface area is 136 Å². The molecule has 0 unspecified atom stereocenters. The van der Waals surface area contributed by atoms with Gasteiger partial charge in [0.2, 0.25) is 0 Å². The number of hydrogen-bond donors (Lipinski definition) is 1. The number of esters is 1. The summed E-state index contributed by atoms with van der Waals surface area (Å²) in [6.07, 6.45) is 3.84. The zero-order valence-electron chi connectivity index (χ0n) is 13.6. The van der Waals surface area contributed by atoms with Crippen LogP contribution < -0.4 is 4.74 Å². The number of ether oxygens (including phenoxy) is 1. The molecule has 3 nitrogen and oxygen atoms in total. The second-order valence-electron chi connectivity index (χ2n) is 7.26. The van der Waals surface area contributed by atoms with Gasteiger partial charge in [-0.2, -0.15) is 0 Å². The molecule has 0 saturated heterocycles. The first-order valence-corrected chi connectivity index (χ1v) is 8.41. The number of aryl methyl sites for hydroxylation is 1. The molecular formula is C20H22O3. The van der Waals surface area contributed by atoms with Crippen LogP contribution in [0, 0.1) is 5.41 Å². The number of rotatable bonds is 1. The lowest BCUT2D eigenvalue weighted by Gasteiger charge is -2.40. The molecular weight excluding hydrogens is 288 g/mol. The van der Waals surface area contributed by atoms with Crippen LogP contribution in [0.25, 0.3) is 10.8 Å². The number of carbonyl (C=O) groups is 1. The molecule has 3 heteroatoms. The van der Waals surface area contributed by atoms with Gasteiger partial charge in [-0.3, -0.25) is 4.79 Å². The Kier molecular flexibility index (Phi) is 3.24. The largest absolute Gasteiger partial charge is 0.427 e. The van der Waals surface area contributed by atoms with E-state index in [0.717, 1.165) is 31.1 Å². The fourth-order valence-electron chi connectivity index (χ4n) is 4.69. The summed E-state index contributed by atoms with van der Waals surface area (Å²) in [5.41, 5.74) is 2.84. The molecule has 0 aromatic heterocycles. The fourth-order valence-corrected chi connectivity index (χ4v) is 4.69. The van der Waals surface area contributed by atoms with Crippen LogP contribution in [0.15, 0.2) is 30.3 Å². The number of hydrogen-bond acceptors (Lipinski definition) is 3. The number of aliphatic hydroxyl groups is 1. The Morgan fingerprint density at radius 1 is 1.26 bits per heavy atom. The first-order chi connectivity index (χ1) is 11.0. The van der Waals surface area contributed by atoms with Gasteiger partial charge in [0.1, 0.15) is 5.75 Å². The molecule has 4 rings (SSSR count). The van der Waals surface area contributed by atoms with Gasteiger partial charge in [0, 0.05) is 12.3 Å². The minimum absolute atomic E-state index is 0.0261. The Hall–Kier alpha value is -1.87. The van der Waals surface area contributed by atoms with Crippen LogP contribution in [0.1, 0.15) is 50.2 Å². The first kappa shape index (κ1) is 14.7. The van der Waals surface area contributed by atoms with Crippen molar-refractivity contribution in [2.45, 2.75) is 51.6 Å². The van der Waals surface area contributed by atoms with Crippen molar-refractivity contribution in [3.8, 4) is 5.75 Å². The van der Waals surface area contributed by atoms with Crippen molar-refractivity contribution in [1.82, 2.24) is 0 Å². The normalized spacial score (nSPS) is 29.2. The summed E-state index contributed by atoms with van der Waals surface area (Å²) >= 11 is 0. The summed E-state index contributed by atoms with van der Waals surface area (Å²) in [7, 11) is 0. The molecule has 0 bridgehead atoms. The number of fused-ring (bicyclic) bond motifs is 5. The third-order valence-corrected chi connectivity index (χ3v) is 5.98. The Balaban J connectivity index is 1.81. The molecule has 2 aromatic rings. The fraction of sp³-hybridized carbons (Fsp3) is 0.450. The Morgan fingerprint density at radius 2 is 2.09 bits per heavy atom. The average Bonchev–Trinajstić information content (AvgIpc) is 2.82. The van der Waals surface area contributed by atoms with Crippen molar-refractivity contribution in [1.29, 1.82) is 0 Å². The van der Waals surface area contributed by atoms with Crippen molar-refractivity contribution in [3.63, 3.8) is 0 Å². The smallest absolute Gasteiger partial charge is 0.308 e. The maximum atomic E-state index is 11.1. The molecule has 0 heterocycles. The number of benzene rings is 2. The summed E-state index contributed by atoms with van der Waals surface area (Å²) in [6, 6.07) is 10.2. The highest BCUT2D eigenvalue weighted by molar-refractivity contribution is 5.89. The van der Waals surface area contributed by atoms with Crippen molar-refractivity contribution in [2.75, 3.05) is 0 Å². The standard InChI is InChI=1S/C20H22O3/c1-12(21)23-14-4-6-15-13(11-14)3-5-17-16(15)9-10-20(2)18(17)7-8-19(20)22/h3-6,11,18-19,22H,7-10H2,1-2H3/t18-,19-,20+/m0/s1. The zero-order valence-corrected chi connectivity index (χ0v) is 13.6. The van der Waals surface area contributed by atoms with E-state index in [-0.39, 0.29) is 17.5 Å². The Morgan fingerprint density at radius 3 is 2.87 bits per heavy atom. The van der Waals surface area contributed by atoms with Gasteiger partial charge >= 0.3 is 5.97 Å². The highest BCUT2D eigenvalue weighted by Crippen LogP contribution is 2.56. The Bertz CT molecular complexity index is 795. The van der Waals surface area contributed by atoms with Crippen LogP contribution >= 0.6 is 0 Å². The van der Waals surface area contributed by atoms with E-state index in [1.54, 1.807) is 0 Å². The van der Waals surface area contributed by atoms with Crippen LogP contribution in [0.2, 0.25) is 0 Å². The van der Waals surface area contributed by atoms with E-state index < -0.39 is 0 Å². The van der Waals surface area contributed by atoms with Gasteiger partial charge in [0.15, 0.2) is 0 Å². The molecule has 2 aliphatic carbocycles. The molecule has 0 amide bonds. The maximum Gasteiger partial charge on any atom is 0.308 e. The van der Waals surface area contributed by atoms with Crippen LogP contribution in [-0.4, -0.2) is 17.2 Å². The van der Waals surface area contributed by atoms with E-state index in [1.165, 1.54) is 23.4 Å². The lowest BCUT2D eigenvalue weighted by Crippen LogP contribution is -2.35. The minimum Gasteiger partial charge on any atom is -0.427 e. The number of carbonyl (C=O) groups excluding carboxylic acids is 1. The predicted octanol–water partition coefficient (Wildman–Crippen LogP) is 3.96. The lowest BCUT2D eigenvalue weighted by atomic mass is 9.65. The third kappa shape index (κ3) is 2.18. The predicted molar refractivity (Wildman–Crippen MR) is 89.7 cm³/mol. The summed E-state index contributed by atoms with van der Waals surface area (Å²) < 4.78 is 5.19. The average molecular weight is 310 g/mol. The molecule has 1 N–H and O–H groups in total.